The summed E-state index contributed by atoms with van der Waals surface area (Å²) in [5.41, 5.74) is 1.21. The van der Waals surface area contributed by atoms with E-state index >= 15 is 0 Å². The van der Waals surface area contributed by atoms with E-state index in [4.69, 9.17) is 0 Å². The normalized spacial score (nSPS) is 11.0. The van der Waals surface area contributed by atoms with Crippen molar-refractivity contribution in [1.29, 1.82) is 0 Å². The number of nitrogens with zero attached hydrogens (tertiary/aromatic N) is 3. The van der Waals surface area contributed by atoms with Crippen molar-refractivity contribution in [1.82, 2.24) is 19.9 Å². The third-order valence-electron chi connectivity index (χ3n) is 2.71. The van der Waals surface area contributed by atoms with Crippen LogP contribution in [-0.2, 0) is 6.54 Å². The number of nitrogens with one attached hydrogen (secondary N) is 2. The lowest BCUT2D eigenvalue weighted by atomic mass is 10.2. The number of hydrogen-bond donors (Lipinski definition) is 2. The van der Waals surface area contributed by atoms with Crippen LogP contribution in [0.15, 0.2) is 17.8 Å². The lowest BCUT2D eigenvalue weighted by Crippen LogP contribution is -2.05. The summed E-state index contributed by atoms with van der Waals surface area (Å²) in [6.45, 7) is 4.62. The summed E-state index contributed by atoms with van der Waals surface area (Å²) >= 11 is 1.65. The highest BCUT2D eigenvalue weighted by Crippen LogP contribution is 2.29. The van der Waals surface area contributed by atoms with Gasteiger partial charge in [-0.25, -0.2) is 15.0 Å². The predicted octanol–water partition coefficient (Wildman–Crippen LogP) is 2.64. The molecule has 0 atom stereocenters. The van der Waals surface area contributed by atoms with E-state index in [1.807, 2.05) is 13.1 Å². The number of fused-ring (bicyclic) bond motifs is 1. The lowest BCUT2D eigenvalue weighted by molar-refractivity contribution is 0.979. The lowest BCUT2D eigenvalue weighted by Gasteiger charge is -2.07. The number of anilines is 1. The molecular weight excluding hydrogens is 246 g/mol. The van der Waals surface area contributed by atoms with Crippen molar-refractivity contribution >= 4 is 27.4 Å². The molecule has 0 amide bonds. The molecule has 0 fully saturated rings. The first-order valence-electron chi connectivity index (χ1n) is 5.68. The molecule has 0 unspecified atom stereocenters. The summed E-state index contributed by atoms with van der Waals surface area (Å²) in [7, 11) is 0. The quantitative estimate of drug-likeness (QED) is 0.759. The SMILES string of the molecule is Cc1nc(NCc2ncc[nH]2)c2c(C)csc2n1. The fourth-order valence-electron chi connectivity index (χ4n) is 1.88. The van der Waals surface area contributed by atoms with Gasteiger partial charge in [0, 0.05) is 12.4 Å². The van der Waals surface area contributed by atoms with Gasteiger partial charge in [0.15, 0.2) is 0 Å². The Morgan fingerprint density at radius 2 is 2.22 bits per heavy atom. The minimum atomic E-state index is 0.633. The number of thiophene rings is 1. The van der Waals surface area contributed by atoms with Crippen molar-refractivity contribution < 1.29 is 0 Å². The molecule has 3 aromatic rings. The Kier molecular flexibility index (Phi) is 2.71. The zero-order valence-corrected chi connectivity index (χ0v) is 11.0. The molecule has 5 nitrogen and oxygen atoms in total. The molecule has 0 bridgehead atoms. The molecule has 0 aliphatic rings. The van der Waals surface area contributed by atoms with Crippen LogP contribution in [0.25, 0.3) is 10.2 Å². The first kappa shape index (κ1) is 11.2. The topological polar surface area (TPSA) is 66.5 Å². The molecule has 0 aromatic carbocycles. The zero-order valence-electron chi connectivity index (χ0n) is 10.2. The van der Waals surface area contributed by atoms with Crippen molar-refractivity contribution in [2.45, 2.75) is 20.4 Å². The van der Waals surface area contributed by atoms with Crippen LogP contribution in [0.3, 0.4) is 0 Å². The standard InChI is InChI=1S/C12H13N5S/c1-7-6-18-12-10(7)11(16-8(2)17-12)15-5-9-13-3-4-14-9/h3-4,6H,5H2,1-2H3,(H,13,14)(H,15,16,17). The molecule has 0 radical (unpaired) electrons. The average Bonchev–Trinajstić information content (AvgIpc) is 2.96. The van der Waals surface area contributed by atoms with E-state index in [0.29, 0.717) is 6.54 Å². The largest absolute Gasteiger partial charge is 0.362 e. The van der Waals surface area contributed by atoms with Crippen molar-refractivity contribution in [2.24, 2.45) is 0 Å². The molecule has 92 valence electrons. The van der Waals surface area contributed by atoms with Crippen LogP contribution in [0, 0.1) is 13.8 Å². The molecule has 0 saturated heterocycles. The van der Waals surface area contributed by atoms with Crippen molar-refractivity contribution in [3.8, 4) is 0 Å². The molecule has 2 N–H and O–H groups in total. The van der Waals surface area contributed by atoms with Gasteiger partial charge in [0.2, 0.25) is 0 Å². The summed E-state index contributed by atoms with van der Waals surface area (Å²) < 4.78 is 0. The smallest absolute Gasteiger partial charge is 0.139 e. The second-order valence-electron chi connectivity index (χ2n) is 4.11. The third-order valence-corrected chi connectivity index (χ3v) is 3.70. The van der Waals surface area contributed by atoms with Gasteiger partial charge in [0.05, 0.1) is 11.9 Å². The third kappa shape index (κ3) is 1.95. The number of aromatic amines is 1. The number of imidazole rings is 1. The summed E-state index contributed by atoms with van der Waals surface area (Å²) in [5, 5.41) is 6.54. The van der Waals surface area contributed by atoms with E-state index in [2.05, 4.69) is 37.6 Å². The molecule has 0 spiro atoms. The summed E-state index contributed by atoms with van der Waals surface area (Å²) in [6.07, 6.45) is 3.56. The Hall–Kier alpha value is -1.95. The summed E-state index contributed by atoms with van der Waals surface area (Å²) in [6, 6.07) is 0. The van der Waals surface area contributed by atoms with Gasteiger partial charge in [-0.3, -0.25) is 0 Å². The van der Waals surface area contributed by atoms with E-state index < -0.39 is 0 Å². The van der Waals surface area contributed by atoms with Crippen LogP contribution < -0.4 is 5.32 Å². The molecule has 3 rings (SSSR count). The summed E-state index contributed by atoms with van der Waals surface area (Å²) in [4.78, 5) is 17.2. The van der Waals surface area contributed by atoms with Gasteiger partial charge in [-0.05, 0) is 24.8 Å². The number of aromatic nitrogens is 4. The van der Waals surface area contributed by atoms with Crippen LogP contribution in [-0.4, -0.2) is 19.9 Å². The Labute approximate surface area is 108 Å². The van der Waals surface area contributed by atoms with Crippen molar-refractivity contribution in [3.63, 3.8) is 0 Å². The van der Waals surface area contributed by atoms with Gasteiger partial charge < -0.3 is 10.3 Å². The maximum Gasteiger partial charge on any atom is 0.139 e. The first-order valence-corrected chi connectivity index (χ1v) is 6.56. The number of hydrogen-bond acceptors (Lipinski definition) is 5. The van der Waals surface area contributed by atoms with Gasteiger partial charge in [0.1, 0.15) is 22.3 Å². The Morgan fingerprint density at radius 3 is 3.00 bits per heavy atom. The highest BCUT2D eigenvalue weighted by atomic mass is 32.1. The highest BCUT2D eigenvalue weighted by Gasteiger charge is 2.10. The van der Waals surface area contributed by atoms with Gasteiger partial charge in [0.25, 0.3) is 0 Å². The number of H-pyrrole nitrogens is 1. The van der Waals surface area contributed by atoms with Gasteiger partial charge >= 0.3 is 0 Å². The Bertz CT molecular complexity index is 671. The van der Waals surface area contributed by atoms with Crippen LogP contribution in [0.4, 0.5) is 5.82 Å². The molecule has 6 heteroatoms. The van der Waals surface area contributed by atoms with Gasteiger partial charge in [-0.1, -0.05) is 0 Å². The molecule has 0 aliphatic carbocycles. The Balaban J connectivity index is 1.97. The van der Waals surface area contributed by atoms with Crippen molar-refractivity contribution in [3.05, 3.63) is 35.0 Å². The zero-order chi connectivity index (χ0) is 12.5. The second kappa shape index (κ2) is 4.38. The molecule has 0 aliphatic heterocycles. The van der Waals surface area contributed by atoms with Crippen LogP contribution >= 0.6 is 11.3 Å². The summed E-state index contributed by atoms with van der Waals surface area (Å²) in [5.74, 6) is 2.56. The fourth-order valence-corrected chi connectivity index (χ4v) is 2.85. The highest BCUT2D eigenvalue weighted by molar-refractivity contribution is 7.17. The van der Waals surface area contributed by atoms with Gasteiger partial charge in [-0.15, -0.1) is 11.3 Å². The van der Waals surface area contributed by atoms with E-state index in [1.165, 1.54) is 5.56 Å². The second-order valence-corrected chi connectivity index (χ2v) is 4.97. The maximum atomic E-state index is 4.48. The van der Waals surface area contributed by atoms with E-state index in [-0.39, 0.29) is 0 Å². The first-order chi connectivity index (χ1) is 8.74. The molecular formula is C12H13N5S. The van der Waals surface area contributed by atoms with Gasteiger partial charge in [-0.2, -0.15) is 0 Å². The minimum absolute atomic E-state index is 0.633. The predicted molar refractivity (Wildman–Crippen MR) is 72.8 cm³/mol. The number of aryl methyl sites for hydroxylation is 2. The molecule has 3 aromatic heterocycles. The minimum Gasteiger partial charge on any atom is -0.362 e. The van der Waals surface area contributed by atoms with Crippen LogP contribution in [0.2, 0.25) is 0 Å². The van der Waals surface area contributed by atoms with Crippen LogP contribution in [0.1, 0.15) is 17.2 Å². The monoisotopic (exact) mass is 259 g/mol. The maximum absolute atomic E-state index is 4.48. The molecule has 0 saturated carbocycles. The number of rotatable bonds is 3. The van der Waals surface area contributed by atoms with Crippen molar-refractivity contribution in [2.75, 3.05) is 5.32 Å². The molecule has 3 heterocycles. The average molecular weight is 259 g/mol. The van der Waals surface area contributed by atoms with E-state index in [0.717, 1.165) is 27.7 Å². The van der Waals surface area contributed by atoms with E-state index in [9.17, 15) is 0 Å². The fraction of sp³-hybridized carbons (Fsp3) is 0.250. The van der Waals surface area contributed by atoms with E-state index in [1.54, 1.807) is 17.5 Å². The Morgan fingerprint density at radius 1 is 1.33 bits per heavy atom. The molecule has 18 heavy (non-hydrogen) atoms. The van der Waals surface area contributed by atoms with Crippen LogP contribution in [0.5, 0.6) is 0 Å².